The maximum absolute atomic E-state index is 14.8. The second-order valence-corrected chi connectivity index (χ2v) is 14.2. The second kappa shape index (κ2) is 14.1. The lowest BCUT2D eigenvalue weighted by Crippen LogP contribution is -2.53. The molecule has 2 saturated heterocycles. The summed E-state index contributed by atoms with van der Waals surface area (Å²) in [6.07, 6.45) is 11.5. The number of fused-ring (bicyclic) bond motifs is 2. The van der Waals surface area contributed by atoms with Gasteiger partial charge in [-0.1, -0.05) is 67.5 Å². The fourth-order valence-electron chi connectivity index (χ4n) is 7.79. The predicted molar refractivity (Wildman–Crippen MR) is 185 cm³/mol. The monoisotopic (exact) mass is 642 g/mol. The molecule has 3 amide bonds. The van der Waals surface area contributed by atoms with Crippen molar-refractivity contribution in [3.63, 3.8) is 0 Å². The van der Waals surface area contributed by atoms with Crippen LogP contribution in [0.2, 0.25) is 0 Å². The van der Waals surface area contributed by atoms with E-state index in [0.29, 0.717) is 26.2 Å². The molecule has 0 aliphatic carbocycles. The van der Waals surface area contributed by atoms with Gasteiger partial charge in [-0.15, -0.1) is 11.8 Å². The molecular weight excluding hydrogens is 596 g/mol. The van der Waals surface area contributed by atoms with Crippen LogP contribution in [-0.4, -0.2) is 88.0 Å². The van der Waals surface area contributed by atoms with Crippen LogP contribution >= 0.6 is 11.8 Å². The number of likely N-dealkylation sites (tertiary alicyclic amines) is 1. The van der Waals surface area contributed by atoms with E-state index in [4.69, 9.17) is 0 Å². The molecule has 4 aliphatic heterocycles. The van der Waals surface area contributed by atoms with E-state index < -0.39 is 22.6 Å². The first-order valence-corrected chi connectivity index (χ1v) is 17.7. The highest BCUT2D eigenvalue weighted by Gasteiger charge is 2.71. The minimum Gasteiger partial charge on any atom is -0.396 e. The van der Waals surface area contributed by atoms with Crippen LogP contribution in [0, 0.1) is 11.8 Å². The first kappa shape index (κ1) is 32.4. The van der Waals surface area contributed by atoms with Gasteiger partial charge in [-0.05, 0) is 56.5 Å². The number of carbonyl (C=O) groups excluding carboxylic acids is 3. The molecule has 0 saturated carbocycles. The second-order valence-electron chi connectivity index (χ2n) is 12.7. The van der Waals surface area contributed by atoms with E-state index in [1.54, 1.807) is 16.7 Å². The van der Waals surface area contributed by atoms with Crippen molar-refractivity contribution in [2.45, 2.75) is 62.1 Å². The van der Waals surface area contributed by atoms with E-state index in [-0.39, 0.29) is 29.6 Å². The number of anilines is 2. The molecule has 0 bridgehead atoms. The predicted octanol–water partition coefficient (Wildman–Crippen LogP) is 4.88. The number of hydrogen-bond acceptors (Lipinski definition) is 6. The Bertz CT molecular complexity index is 1460. The minimum absolute atomic E-state index is 0.0148. The maximum Gasteiger partial charge on any atom is 0.251 e. The lowest BCUT2D eigenvalue weighted by Gasteiger charge is -2.35. The van der Waals surface area contributed by atoms with Crippen LogP contribution in [0.5, 0.6) is 0 Å². The Balaban J connectivity index is 1.34. The van der Waals surface area contributed by atoms with Gasteiger partial charge in [-0.25, -0.2) is 0 Å². The summed E-state index contributed by atoms with van der Waals surface area (Å²) in [5.41, 5.74) is 2.97. The highest BCUT2D eigenvalue weighted by molar-refractivity contribution is 8.02. The molecule has 1 unspecified atom stereocenters. The molecule has 2 aromatic rings. The number of benzene rings is 2. The number of unbranched alkanes of at least 4 members (excludes halogenated alkanes) is 3. The highest BCUT2D eigenvalue weighted by Crippen LogP contribution is 2.61. The Kier molecular flexibility index (Phi) is 9.89. The topological polar surface area (TPSA) is 84.4 Å². The molecule has 244 valence electrons. The zero-order valence-corrected chi connectivity index (χ0v) is 27.8. The van der Waals surface area contributed by atoms with E-state index in [1.165, 1.54) is 0 Å². The summed E-state index contributed by atoms with van der Waals surface area (Å²) >= 11 is 1.63. The number of aliphatic hydroxyl groups excluding tert-OH is 1. The summed E-state index contributed by atoms with van der Waals surface area (Å²) in [6, 6.07) is 17.4. The van der Waals surface area contributed by atoms with Gasteiger partial charge in [0.1, 0.15) is 6.04 Å². The van der Waals surface area contributed by atoms with Crippen LogP contribution < -0.4 is 9.80 Å². The number of rotatable bonds is 12. The van der Waals surface area contributed by atoms with Crippen LogP contribution in [0.4, 0.5) is 11.4 Å². The average Bonchev–Trinajstić information content (AvgIpc) is 3.39. The van der Waals surface area contributed by atoms with Crippen LogP contribution in [0.1, 0.15) is 45.1 Å². The van der Waals surface area contributed by atoms with Crippen molar-refractivity contribution < 1.29 is 19.5 Å². The van der Waals surface area contributed by atoms with Gasteiger partial charge >= 0.3 is 0 Å². The molecule has 4 aliphatic rings. The Morgan fingerprint density at radius 3 is 2.33 bits per heavy atom. The molecule has 0 aromatic heterocycles. The fourth-order valence-corrected chi connectivity index (χ4v) is 9.79. The summed E-state index contributed by atoms with van der Waals surface area (Å²) in [5.74, 6) is -1.36. The van der Waals surface area contributed by atoms with Gasteiger partial charge in [0.2, 0.25) is 11.8 Å². The molecule has 46 heavy (non-hydrogen) atoms. The maximum atomic E-state index is 14.8. The van der Waals surface area contributed by atoms with E-state index in [0.717, 1.165) is 55.7 Å². The molecule has 4 heterocycles. The molecule has 5 atom stereocenters. The third-order valence-electron chi connectivity index (χ3n) is 10.1. The van der Waals surface area contributed by atoms with Crippen molar-refractivity contribution in [3.05, 3.63) is 84.5 Å². The van der Waals surface area contributed by atoms with Crippen molar-refractivity contribution in [2.75, 3.05) is 49.1 Å². The largest absolute Gasteiger partial charge is 0.396 e. The third kappa shape index (κ3) is 5.88. The molecular formula is C37H46N4O4S. The van der Waals surface area contributed by atoms with Gasteiger partial charge < -0.3 is 24.7 Å². The van der Waals surface area contributed by atoms with Gasteiger partial charge in [0.25, 0.3) is 5.91 Å². The standard InChI is InChI=1S/C37H46N4O4S/c1-3-38(4-2)28-17-19-29(20-18-28)40-24-13-21-37-32(35(44)41(33(37)36(40)45)23-10-5-6-11-25-42)31-30(46-37)16-12-22-39(34(31)43)26-27-14-8-7-9-15-27/h7-9,12-21,30-33,42H,3-6,10-11,22-26H2,1-2H3/t30-,31+,32+,33?,37+/m1/s1. The molecule has 8 nitrogen and oxygen atoms in total. The van der Waals surface area contributed by atoms with E-state index >= 15 is 0 Å². The quantitative estimate of drug-likeness (QED) is 0.263. The Labute approximate surface area is 277 Å². The number of amides is 3. The average molecular weight is 643 g/mol. The van der Waals surface area contributed by atoms with Crippen molar-refractivity contribution >= 4 is 40.9 Å². The number of nitrogens with zero attached hydrogens (tertiary/aromatic N) is 4. The first-order chi connectivity index (χ1) is 22.4. The van der Waals surface area contributed by atoms with Crippen LogP contribution in [-0.2, 0) is 20.9 Å². The zero-order chi connectivity index (χ0) is 32.3. The summed E-state index contributed by atoms with van der Waals surface area (Å²) in [7, 11) is 0. The third-order valence-corrected chi connectivity index (χ3v) is 11.8. The van der Waals surface area contributed by atoms with E-state index in [2.05, 4.69) is 49.1 Å². The van der Waals surface area contributed by atoms with E-state index in [1.807, 2.05) is 58.3 Å². The van der Waals surface area contributed by atoms with Crippen LogP contribution in [0.15, 0.2) is 78.9 Å². The van der Waals surface area contributed by atoms with Gasteiger partial charge in [0.15, 0.2) is 0 Å². The summed E-state index contributed by atoms with van der Waals surface area (Å²) in [4.78, 5) is 51.5. The molecule has 0 radical (unpaired) electrons. The fraction of sp³-hybridized carbons (Fsp3) is 0.486. The molecule has 1 N–H and O–H groups in total. The lowest BCUT2D eigenvalue weighted by atomic mass is 9.78. The molecule has 2 fully saturated rings. The number of aliphatic hydroxyl groups is 1. The number of hydrogen-bond donors (Lipinski definition) is 1. The summed E-state index contributed by atoms with van der Waals surface area (Å²) in [5, 5.41) is 9.08. The Morgan fingerprint density at radius 1 is 0.870 bits per heavy atom. The molecule has 9 heteroatoms. The van der Waals surface area contributed by atoms with Crippen molar-refractivity contribution in [1.29, 1.82) is 0 Å². The minimum atomic E-state index is -0.833. The molecule has 6 rings (SSSR count). The number of carbonyl (C=O) groups is 3. The Morgan fingerprint density at radius 2 is 1.61 bits per heavy atom. The summed E-state index contributed by atoms with van der Waals surface area (Å²) < 4.78 is -0.833. The van der Waals surface area contributed by atoms with Crippen molar-refractivity contribution in [2.24, 2.45) is 11.8 Å². The van der Waals surface area contributed by atoms with Gasteiger partial charge in [-0.2, -0.15) is 0 Å². The SMILES string of the molecule is CCN(CC)c1ccc(N2CC=C[C@]34S[C@@H]5C=CCN(Cc6ccccc6)C(=O)[C@@H]5[C@H]3C(=O)N(CCCCCCO)C4C2=O)cc1. The number of thioether (sulfide) groups is 1. The normalized spacial score (nSPS) is 27.0. The van der Waals surface area contributed by atoms with Gasteiger partial charge in [0, 0.05) is 62.5 Å². The van der Waals surface area contributed by atoms with Crippen LogP contribution in [0.3, 0.4) is 0 Å². The smallest absolute Gasteiger partial charge is 0.251 e. The van der Waals surface area contributed by atoms with E-state index in [9.17, 15) is 19.5 Å². The summed E-state index contributed by atoms with van der Waals surface area (Å²) in [6.45, 7) is 8.06. The molecule has 1 spiro atoms. The molecule has 2 aromatic carbocycles. The van der Waals surface area contributed by atoms with Crippen molar-refractivity contribution in [3.8, 4) is 0 Å². The van der Waals surface area contributed by atoms with Crippen LogP contribution in [0.25, 0.3) is 0 Å². The lowest BCUT2D eigenvalue weighted by molar-refractivity contribution is -0.143. The van der Waals surface area contributed by atoms with Crippen molar-refractivity contribution in [1.82, 2.24) is 9.80 Å². The highest BCUT2D eigenvalue weighted by atomic mass is 32.2. The Hall–Kier alpha value is -3.56. The van der Waals surface area contributed by atoms with Gasteiger partial charge in [-0.3, -0.25) is 14.4 Å². The van der Waals surface area contributed by atoms with Gasteiger partial charge in [0.05, 0.1) is 16.6 Å². The first-order valence-electron chi connectivity index (χ1n) is 16.9. The zero-order valence-electron chi connectivity index (χ0n) is 27.0.